The lowest BCUT2D eigenvalue weighted by Crippen LogP contribution is -2.57. The Morgan fingerprint density at radius 1 is 0.929 bits per heavy atom. The molecule has 1 N–H and O–H groups in total. The predicted molar refractivity (Wildman–Crippen MR) is 166 cm³/mol. The van der Waals surface area contributed by atoms with Crippen molar-refractivity contribution in [1.82, 2.24) is 9.80 Å². The fraction of sp³-hybridized carbons (Fsp3) is 0.606. The summed E-state index contributed by atoms with van der Waals surface area (Å²) in [7, 11) is 0. The highest BCUT2D eigenvalue weighted by Crippen LogP contribution is 2.65. The predicted octanol–water partition coefficient (Wildman–Crippen LogP) is 4.43. The van der Waals surface area contributed by atoms with Gasteiger partial charge in [0.05, 0.1) is 23.2 Å². The molecular weight excluding hydrogens is 550 g/mol. The molecule has 5 atom stereocenters. The van der Waals surface area contributed by atoms with Crippen LogP contribution in [0, 0.1) is 11.8 Å². The van der Waals surface area contributed by atoms with Crippen molar-refractivity contribution in [3.63, 3.8) is 0 Å². The molecule has 8 nitrogen and oxygen atoms in total. The number of carbonyl (C=O) groups is 3. The Morgan fingerprint density at radius 3 is 2.29 bits per heavy atom. The summed E-state index contributed by atoms with van der Waals surface area (Å²) in [5.74, 6) is -0.779. The second kappa shape index (κ2) is 11.7. The van der Waals surface area contributed by atoms with Gasteiger partial charge in [-0.15, -0.1) is 11.8 Å². The molecule has 5 rings (SSSR count). The van der Waals surface area contributed by atoms with Gasteiger partial charge in [0.25, 0.3) is 0 Å². The van der Waals surface area contributed by atoms with Gasteiger partial charge in [-0.3, -0.25) is 14.4 Å². The lowest BCUT2D eigenvalue weighted by Gasteiger charge is -2.41. The van der Waals surface area contributed by atoms with Crippen LogP contribution in [0.25, 0.3) is 0 Å². The maximum absolute atomic E-state index is 14.6. The highest BCUT2D eigenvalue weighted by Gasteiger charge is 2.74. The van der Waals surface area contributed by atoms with Crippen molar-refractivity contribution in [3.05, 3.63) is 48.6 Å². The third-order valence-corrected chi connectivity index (χ3v) is 10.9. The van der Waals surface area contributed by atoms with Crippen LogP contribution in [0.3, 0.4) is 0 Å². The standard InChI is InChI=1S/C33H45N3O5S/c1-6-41-24-15-13-23(14-16-24)34-20-11-17-32(5)25(28(34)38)26-29(39)35(19-9-7-8-10-22-37)27-30(40)36(31(2,3)4)21-12-18-33(26,27)42-32/h11-18,25-27,37H,6-10,19-22H2,1-5H3/t25-,26-,27?,32+,33-/m0/s1. The number of nitrogens with zero attached hydrogens (tertiary/aromatic N) is 3. The zero-order valence-corrected chi connectivity index (χ0v) is 26.4. The number of aliphatic hydroxyl groups excluding tert-OH is 1. The van der Waals surface area contributed by atoms with Crippen molar-refractivity contribution >= 4 is 35.2 Å². The van der Waals surface area contributed by atoms with E-state index >= 15 is 0 Å². The smallest absolute Gasteiger partial charge is 0.247 e. The topological polar surface area (TPSA) is 90.4 Å². The van der Waals surface area contributed by atoms with E-state index in [9.17, 15) is 19.5 Å². The van der Waals surface area contributed by atoms with E-state index in [1.54, 1.807) is 21.6 Å². The summed E-state index contributed by atoms with van der Waals surface area (Å²) < 4.78 is 4.11. The van der Waals surface area contributed by atoms with Crippen LogP contribution in [0.4, 0.5) is 5.69 Å². The Morgan fingerprint density at radius 2 is 1.62 bits per heavy atom. The average Bonchev–Trinajstić information content (AvgIpc) is 3.19. The van der Waals surface area contributed by atoms with Gasteiger partial charge in [-0.1, -0.05) is 37.1 Å². The van der Waals surface area contributed by atoms with Crippen molar-refractivity contribution in [1.29, 1.82) is 0 Å². The molecule has 1 spiro atoms. The number of rotatable bonds is 9. The molecule has 228 valence electrons. The number of fused-ring (bicyclic) bond motifs is 2. The fourth-order valence-electron chi connectivity index (χ4n) is 7.23. The summed E-state index contributed by atoms with van der Waals surface area (Å²) in [5.41, 5.74) is 0.343. The highest BCUT2D eigenvalue weighted by atomic mass is 32.2. The number of aliphatic hydroxyl groups is 1. The van der Waals surface area contributed by atoms with Gasteiger partial charge in [-0.2, -0.15) is 0 Å². The number of likely N-dealkylation sites (tertiary alicyclic amines) is 1. The summed E-state index contributed by atoms with van der Waals surface area (Å²) in [5, 5.41) is 9.20. The number of thioether (sulfide) groups is 1. The molecule has 2 fully saturated rings. The number of unbranched alkanes of at least 4 members (excludes halogenated alkanes) is 3. The SMILES string of the molecule is CCOc1ccc(N2CC=C[C@@]3(C)S[C@]45C=CCN(C(C)(C)C)C(=O)C4N(CCCCCCO)C(=O)[C@@H]5[C@H]3C2=O)cc1. The summed E-state index contributed by atoms with van der Waals surface area (Å²) in [4.78, 5) is 49.0. The number of ether oxygens (including phenoxy) is 1. The van der Waals surface area contributed by atoms with E-state index < -0.39 is 32.9 Å². The minimum absolute atomic E-state index is 0.0499. The van der Waals surface area contributed by atoms with Crippen LogP contribution >= 0.6 is 11.8 Å². The van der Waals surface area contributed by atoms with Crippen LogP contribution in [0.15, 0.2) is 48.6 Å². The van der Waals surface area contributed by atoms with Crippen LogP contribution in [-0.2, 0) is 14.4 Å². The fourth-order valence-corrected chi connectivity index (χ4v) is 9.39. The average molecular weight is 596 g/mol. The van der Waals surface area contributed by atoms with Crippen LogP contribution in [0.2, 0.25) is 0 Å². The Balaban J connectivity index is 1.54. The number of hydrogen-bond acceptors (Lipinski definition) is 6. The molecule has 0 aromatic heterocycles. The Kier molecular flexibility index (Phi) is 8.56. The third kappa shape index (κ3) is 5.17. The minimum atomic E-state index is -0.847. The molecule has 4 aliphatic heterocycles. The molecule has 2 saturated heterocycles. The maximum Gasteiger partial charge on any atom is 0.247 e. The van der Waals surface area contributed by atoms with E-state index in [-0.39, 0.29) is 24.3 Å². The van der Waals surface area contributed by atoms with Gasteiger partial charge in [0.15, 0.2) is 0 Å². The molecule has 9 heteroatoms. The number of carbonyl (C=O) groups excluding carboxylic acids is 3. The van der Waals surface area contributed by atoms with E-state index in [1.807, 2.05) is 69.0 Å². The Hall–Kier alpha value is -2.78. The normalized spacial score (nSPS) is 30.8. The van der Waals surface area contributed by atoms with E-state index in [0.717, 1.165) is 37.1 Å². The Labute approximate surface area is 254 Å². The van der Waals surface area contributed by atoms with Crippen molar-refractivity contribution < 1.29 is 24.2 Å². The molecule has 3 amide bonds. The molecule has 0 saturated carbocycles. The summed E-state index contributed by atoms with van der Waals surface area (Å²) >= 11 is 1.62. The zero-order chi connectivity index (χ0) is 30.3. The number of hydrogen-bond donors (Lipinski definition) is 1. The van der Waals surface area contributed by atoms with Crippen LogP contribution < -0.4 is 9.64 Å². The first-order valence-corrected chi connectivity index (χ1v) is 16.1. The van der Waals surface area contributed by atoms with E-state index in [0.29, 0.717) is 26.2 Å². The first kappa shape index (κ1) is 30.7. The van der Waals surface area contributed by atoms with Crippen molar-refractivity contribution in [2.24, 2.45) is 11.8 Å². The second-order valence-electron chi connectivity index (χ2n) is 13.0. The van der Waals surface area contributed by atoms with Crippen molar-refractivity contribution in [2.75, 3.05) is 37.7 Å². The van der Waals surface area contributed by atoms with Crippen molar-refractivity contribution in [2.45, 2.75) is 81.4 Å². The van der Waals surface area contributed by atoms with E-state index in [1.165, 1.54) is 0 Å². The molecule has 1 aromatic carbocycles. The molecular formula is C33H45N3O5S. The second-order valence-corrected chi connectivity index (χ2v) is 14.8. The Bertz CT molecular complexity index is 1260. The summed E-state index contributed by atoms with van der Waals surface area (Å²) in [6, 6.07) is 6.85. The third-order valence-electron chi connectivity index (χ3n) is 9.13. The number of benzene rings is 1. The summed E-state index contributed by atoms with van der Waals surface area (Å²) in [6.07, 6.45) is 11.4. The minimum Gasteiger partial charge on any atom is -0.494 e. The van der Waals surface area contributed by atoms with E-state index in [4.69, 9.17) is 4.74 Å². The molecule has 4 aliphatic rings. The largest absolute Gasteiger partial charge is 0.494 e. The maximum atomic E-state index is 14.6. The lowest BCUT2D eigenvalue weighted by molar-refractivity contribution is -0.145. The quantitative estimate of drug-likeness (QED) is 0.336. The van der Waals surface area contributed by atoms with Gasteiger partial charge < -0.3 is 24.5 Å². The lowest BCUT2D eigenvalue weighted by atomic mass is 9.74. The molecule has 1 unspecified atom stereocenters. The van der Waals surface area contributed by atoms with Crippen LogP contribution in [0.5, 0.6) is 5.75 Å². The van der Waals surface area contributed by atoms with Gasteiger partial charge >= 0.3 is 0 Å². The van der Waals surface area contributed by atoms with Crippen LogP contribution in [0.1, 0.15) is 60.3 Å². The molecule has 4 heterocycles. The zero-order valence-electron chi connectivity index (χ0n) is 25.5. The number of anilines is 1. The van der Waals surface area contributed by atoms with Gasteiger partial charge in [0.2, 0.25) is 17.7 Å². The van der Waals surface area contributed by atoms with Gasteiger partial charge in [0, 0.05) is 42.2 Å². The molecule has 0 aliphatic carbocycles. The molecule has 42 heavy (non-hydrogen) atoms. The molecule has 0 radical (unpaired) electrons. The monoisotopic (exact) mass is 595 g/mol. The molecule has 1 aromatic rings. The van der Waals surface area contributed by atoms with E-state index in [2.05, 4.69) is 19.1 Å². The first-order valence-electron chi connectivity index (χ1n) is 15.3. The summed E-state index contributed by atoms with van der Waals surface area (Å²) in [6.45, 7) is 12.1. The van der Waals surface area contributed by atoms with Crippen LogP contribution in [-0.4, -0.2) is 86.6 Å². The van der Waals surface area contributed by atoms with Gasteiger partial charge in [-0.25, -0.2) is 0 Å². The van der Waals surface area contributed by atoms with Crippen molar-refractivity contribution in [3.8, 4) is 5.75 Å². The first-order chi connectivity index (χ1) is 20.0. The molecule has 0 bridgehead atoms. The van der Waals surface area contributed by atoms with Gasteiger partial charge in [-0.05, 0) is 71.7 Å². The number of amides is 3. The highest BCUT2D eigenvalue weighted by molar-refractivity contribution is 8.02. The van der Waals surface area contributed by atoms with Gasteiger partial charge in [0.1, 0.15) is 11.8 Å².